The first-order valence-corrected chi connectivity index (χ1v) is 5.56. The van der Waals surface area contributed by atoms with Crippen molar-refractivity contribution in [2.45, 2.75) is 27.2 Å². The molecule has 5 nitrogen and oxygen atoms in total. The second-order valence-electron chi connectivity index (χ2n) is 4.44. The van der Waals surface area contributed by atoms with Gasteiger partial charge in [-0.2, -0.15) is 4.98 Å². The summed E-state index contributed by atoms with van der Waals surface area (Å²) in [6.45, 7) is 7.35. The van der Waals surface area contributed by atoms with Crippen molar-refractivity contribution in [3.63, 3.8) is 0 Å². The van der Waals surface area contributed by atoms with Crippen LogP contribution >= 0.6 is 0 Å². The highest BCUT2D eigenvalue weighted by Crippen LogP contribution is 2.14. The number of aryl methyl sites for hydroxylation is 1. The molecule has 1 heterocycles. The fourth-order valence-electron chi connectivity index (χ4n) is 1.38. The van der Waals surface area contributed by atoms with Gasteiger partial charge in [0.25, 0.3) is 0 Å². The molecular weight excluding hydrogens is 202 g/mol. The molecule has 0 aliphatic carbocycles. The molecule has 16 heavy (non-hydrogen) atoms. The van der Waals surface area contributed by atoms with Crippen LogP contribution in [0.3, 0.4) is 0 Å². The number of nitrogen functional groups attached to an aromatic ring is 1. The highest BCUT2D eigenvalue weighted by atomic mass is 15.3. The van der Waals surface area contributed by atoms with Crippen LogP contribution in [0.2, 0.25) is 0 Å². The molecule has 5 heteroatoms. The van der Waals surface area contributed by atoms with Gasteiger partial charge in [-0.05, 0) is 19.3 Å². The Hall–Kier alpha value is -1.36. The number of anilines is 2. The number of rotatable bonds is 5. The lowest BCUT2D eigenvalue weighted by Crippen LogP contribution is -2.22. The number of hydrogen-bond acceptors (Lipinski definition) is 5. The van der Waals surface area contributed by atoms with Gasteiger partial charge in [-0.1, -0.05) is 13.8 Å². The zero-order valence-corrected chi connectivity index (χ0v) is 10.5. The zero-order valence-electron chi connectivity index (χ0n) is 10.5. The molecule has 0 saturated carbocycles. The molecule has 1 aromatic rings. The average Bonchev–Trinajstić information content (AvgIpc) is 2.24. The van der Waals surface area contributed by atoms with Crippen LogP contribution in [0.4, 0.5) is 11.8 Å². The molecule has 0 spiro atoms. The van der Waals surface area contributed by atoms with E-state index in [-0.39, 0.29) is 0 Å². The molecule has 90 valence electrons. The Labute approximate surface area is 97.0 Å². The van der Waals surface area contributed by atoms with Crippen molar-refractivity contribution in [3.8, 4) is 0 Å². The first-order chi connectivity index (χ1) is 7.52. The van der Waals surface area contributed by atoms with Crippen LogP contribution in [-0.4, -0.2) is 23.6 Å². The van der Waals surface area contributed by atoms with Gasteiger partial charge in [-0.3, -0.25) is 5.43 Å². The predicted molar refractivity (Wildman–Crippen MR) is 67.3 cm³/mol. The smallest absolute Gasteiger partial charge is 0.239 e. The van der Waals surface area contributed by atoms with Crippen molar-refractivity contribution >= 4 is 11.8 Å². The van der Waals surface area contributed by atoms with Gasteiger partial charge in [0.1, 0.15) is 5.82 Å². The van der Waals surface area contributed by atoms with E-state index in [1.807, 2.05) is 20.0 Å². The summed E-state index contributed by atoms with van der Waals surface area (Å²) in [5, 5.41) is 0. The molecule has 0 aliphatic heterocycles. The molecule has 0 saturated heterocycles. The Morgan fingerprint density at radius 3 is 2.69 bits per heavy atom. The van der Waals surface area contributed by atoms with Crippen molar-refractivity contribution in [2.24, 2.45) is 11.8 Å². The fraction of sp³-hybridized carbons (Fsp3) is 0.636. The van der Waals surface area contributed by atoms with Crippen molar-refractivity contribution < 1.29 is 0 Å². The molecule has 0 bridgehead atoms. The summed E-state index contributed by atoms with van der Waals surface area (Å²) in [4.78, 5) is 10.6. The fourth-order valence-corrected chi connectivity index (χ4v) is 1.38. The maximum Gasteiger partial charge on any atom is 0.239 e. The molecule has 0 amide bonds. The lowest BCUT2D eigenvalue weighted by atomic mass is 10.1. The molecule has 1 aromatic heterocycles. The van der Waals surface area contributed by atoms with Crippen LogP contribution in [0.15, 0.2) is 6.07 Å². The largest absolute Gasteiger partial charge is 0.359 e. The maximum atomic E-state index is 5.32. The first kappa shape index (κ1) is 12.7. The summed E-state index contributed by atoms with van der Waals surface area (Å²) in [6.07, 6.45) is 1.14. The quantitative estimate of drug-likeness (QED) is 0.585. The monoisotopic (exact) mass is 223 g/mol. The van der Waals surface area contributed by atoms with E-state index in [0.717, 1.165) is 24.5 Å². The topological polar surface area (TPSA) is 67.1 Å². The van der Waals surface area contributed by atoms with Crippen LogP contribution < -0.4 is 16.2 Å². The van der Waals surface area contributed by atoms with Crippen LogP contribution in [0.5, 0.6) is 0 Å². The van der Waals surface area contributed by atoms with Gasteiger partial charge < -0.3 is 4.90 Å². The maximum absolute atomic E-state index is 5.32. The highest BCUT2D eigenvalue weighted by molar-refractivity contribution is 5.43. The summed E-state index contributed by atoms with van der Waals surface area (Å²) in [5.74, 6) is 7.38. The Kier molecular flexibility index (Phi) is 4.49. The molecule has 0 fully saturated rings. The summed E-state index contributed by atoms with van der Waals surface area (Å²) in [7, 11) is 2.03. The third-order valence-electron chi connectivity index (χ3n) is 2.40. The van der Waals surface area contributed by atoms with Crippen LogP contribution in [0.1, 0.15) is 26.0 Å². The van der Waals surface area contributed by atoms with Crippen LogP contribution in [-0.2, 0) is 0 Å². The van der Waals surface area contributed by atoms with E-state index in [0.29, 0.717) is 11.9 Å². The summed E-state index contributed by atoms with van der Waals surface area (Å²) < 4.78 is 0. The highest BCUT2D eigenvalue weighted by Gasteiger charge is 2.06. The third kappa shape index (κ3) is 3.66. The van der Waals surface area contributed by atoms with Crippen LogP contribution in [0.25, 0.3) is 0 Å². The average molecular weight is 223 g/mol. The molecule has 0 aromatic carbocycles. The molecule has 0 radical (unpaired) electrons. The van der Waals surface area contributed by atoms with Gasteiger partial charge in [0, 0.05) is 25.4 Å². The number of nitrogens with zero attached hydrogens (tertiary/aromatic N) is 3. The molecule has 0 aliphatic rings. The molecule has 3 N–H and O–H groups in total. The third-order valence-corrected chi connectivity index (χ3v) is 2.40. The summed E-state index contributed by atoms with van der Waals surface area (Å²) in [6, 6.07) is 1.96. The van der Waals surface area contributed by atoms with Crippen molar-refractivity contribution in [1.29, 1.82) is 0 Å². The number of nitrogens with one attached hydrogen (secondary N) is 1. The molecular formula is C11H21N5. The normalized spacial score (nSPS) is 10.6. The molecule has 0 unspecified atom stereocenters. The van der Waals surface area contributed by atoms with Gasteiger partial charge in [0.05, 0.1) is 0 Å². The summed E-state index contributed by atoms with van der Waals surface area (Å²) in [5.41, 5.74) is 3.39. The van der Waals surface area contributed by atoms with E-state index < -0.39 is 0 Å². The number of hydrogen-bond donors (Lipinski definition) is 2. The Bertz CT molecular complexity index is 337. The van der Waals surface area contributed by atoms with E-state index in [1.54, 1.807) is 0 Å². The van der Waals surface area contributed by atoms with E-state index in [4.69, 9.17) is 5.84 Å². The van der Waals surface area contributed by atoms with Gasteiger partial charge in [0.2, 0.25) is 5.95 Å². The Morgan fingerprint density at radius 2 is 2.12 bits per heavy atom. The van der Waals surface area contributed by atoms with E-state index in [2.05, 4.69) is 34.1 Å². The number of nitrogens with two attached hydrogens (primary N) is 1. The number of hydrazine groups is 1. The summed E-state index contributed by atoms with van der Waals surface area (Å²) >= 11 is 0. The first-order valence-electron chi connectivity index (χ1n) is 5.56. The standard InChI is InChI=1S/C11H21N5/c1-8(2)5-6-16(4)10-7-9(3)13-11(14-10)15-12/h7-8H,5-6,12H2,1-4H3,(H,13,14,15). The van der Waals surface area contributed by atoms with E-state index in [9.17, 15) is 0 Å². The van der Waals surface area contributed by atoms with Gasteiger partial charge in [-0.25, -0.2) is 10.8 Å². The minimum Gasteiger partial charge on any atom is -0.359 e. The van der Waals surface area contributed by atoms with Crippen molar-refractivity contribution in [3.05, 3.63) is 11.8 Å². The van der Waals surface area contributed by atoms with Gasteiger partial charge in [0.15, 0.2) is 0 Å². The predicted octanol–water partition coefficient (Wildman–Crippen LogP) is 1.55. The Balaban J connectivity index is 2.74. The SMILES string of the molecule is Cc1cc(N(C)CCC(C)C)nc(NN)n1. The van der Waals surface area contributed by atoms with Crippen LogP contribution in [0, 0.1) is 12.8 Å². The molecule has 1 rings (SSSR count). The van der Waals surface area contributed by atoms with Gasteiger partial charge in [-0.15, -0.1) is 0 Å². The van der Waals surface area contributed by atoms with Crippen molar-refractivity contribution in [1.82, 2.24) is 9.97 Å². The second kappa shape index (κ2) is 5.65. The minimum absolute atomic E-state index is 0.464. The van der Waals surface area contributed by atoms with Gasteiger partial charge >= 0.3 is 0 Å². The lowest BCUT2D eigenvalue weighted by molar-refractivity contribution is 0.583. The van der Waals surface area contributed by atoms with E-state index >= 15 is 0 Å². The minimum atomic E-state index is 0.464. The lowest BCUT2D eigenvalue weighted by Gasteiger charge is -2.20. The van der Waals surface area contributed by atoms with Crippen molar-refractivity contribution in [2.75, 3.05) is 23.9 Å². The number of aromatic nitrogens is 2. The second-order valence-corrected chi connectivity index (χ2v) is 4.44. The molecule has 0 atom stereocenters. The zero-order chi connectivity index (χ0) is 12.1. The van der Waals surface area contributed by atoms with E-state index in [1.165, 1.54) is 0 Å². The Morgan fingerprint density at radius 1 is 1.44 bits per heavy atom.